The normalized spacial score (nSPS) is 10.6. The molecule has 1 heterocycles. The van der Waals surface area contributed by atoms with Crippen LogP contribution in [0.15, 0.2) is 59.1 Å². The maximum atomic E-state index is 13.6. The fourth-order valence-electron chi connectivity index (χ4n) is 2.25. The lowest BCUT2D eigenvalue weighted by molar-refractivity contribution is -0.130. The molecule has 2 aromatic carbocycles. The first-order chi connectivity index (χ1) is 11.6. The number of hydrogen-bond acceptors (Lipinski definition) is 4. The number of hydrogen-bond donors (Lipinski definition) is 0. The molecule has 0 saturated heterocycles. The maximum absolute atomic E-state index is 13.6. The van der Waals surface area contributed by atoms with Crippen molar-refractivity contribution in [2.45, 2.75) is 13.0 Å². The van der Waals surface area contributed by atoms with Gasteiger partial charge in [-0.1, -0.05) is 53.7 Å². The molecular formula is C18H16FN3O2. The second-order valence-electron chi connectivity index (χ2n) is 5.40. The van der Waals surface area contributed by atoms with Crippen molar-refractivity contribution in [1.29, 1.82) is 0 Å². The Balaban J connectivity index is 1.65. The summed E-state index contributed by atoms with van der Waals surface area (Å²) in [5.74, 6) is 0.196. The first kappa shape index (κ1) is 15.9. The smallest absolute Gasteiger partial charge is 0.246 e. The van der Waals surface area contributed by atoms with Crippen molar-refractivity contribution < 1.29 is 13.7 Å². The lowest BCUT2D eigenvalue weighted by atomic mass is 10.1. The Morgan fingerprint density at radius 1 is 1.12 bits per heavy atom. The number of aromatic nitrogens is 2. The Morgan fingerprint density at radius 2 is 1.83 bits per heavy atom. The van der Waals surface area contributed by atoms with Gasteiger partial charge in [0, 0.05) is 12.6 Å². The Morgan fingerprint density at radius 3 is 2.58 bits per heavy atom. The van der Waals surface area contributed by atoms with Gasteiger partial charge in [-0.05, 0) is 11.6 Å². The van der Waals surface area contributed by atoms with E-state index in [2.05, 4.69) is 10.1 Å². The van der Waals surface area contributed by atoms with Crippen LogP contribution in [0.3, 0.4) is 0 Å². The number of likely N-dealkylation sites (N-methyl/N-ethyl adjacent to an activating group) is 1. The molecule has 0 fully saturated rings. The third-order valence-corrected chi connectivity index (χ3v) is 3.60. The topological polar surface area (TPSA) is 59.2 Å². The van der Waals surface area contributed by atoms with Gasteiger partial charge in [-0.3, -0.25) is 4.79 Å². The summed E-state index contributed by atoms with van der Waals surface area (Å²) in [6, 6.07) is 15.7. The quantitative estimate of drug-likeness (QED) is 0.723. The van der Waals surface area contributed by atoms with Crippen LogP contribution in [0.25, 0.3) is 11.4 Å². The van der Waals surface area contributed by atoms with Gasteiger partial charge in [0.1, 0.15) is 5.82 Å². The number of amides is 1. The summed E-state index contributed by atoms with van der Waals surface area (Å²) in [6.45, 7) is 0.174. The fourth-order valence-corrected chi connectivity index (χ4v) is 2.25. The molecule has 0 bridgehead atoms. The van der Waals surface area contributed by atoms with Crippen LogP contribution in [-0.4, -0.2) is 28.0 Å². The molecule has 0 aliphatic heterocycles. The minimum absolute atomic E-state index is 0.0111. The average molecular weight is 325 g/mol. The van der Waals surface area contributed by atoms with Gasteiger partial charge in [-0.2, -0.15) is 4.98 Å². The molecule has 1 aromatic heterocycles. The van der Waals surface area contributed by atoms with E-state index in [-0.39, 0.29) is 24.7 Å². The number of benzene rings is 2. The van der Waals surface area contributed by atoms with Crippen LogP contribution >= 0.6 is 0 Å². The molecule has 3 rings (SSSR count). The molecular weight excluding hydrogens is 309 g/mol. The van der Waals surface area contributed by atoms with Gasteiger partial charge >= 0.3 is 0 Å². The third kappa shape index (κ3) is 3.65. The van der Waals surface area contributed by atoms with Crippen molar-refractivity contribution in [1.82, 2.24) is 15.0 Å². The average Bonchev–Trinajstić information content (AvgIpc) is 3.06. The van der Waals surface area contributed by atoms with Gasteiger partial charge in [0.2, 0.25) is 17.6 Å². The molecule has 0 unspecified atom stereocenters. The zero-order chi connectivity index (χ0) is 16.9. The van der Waals surface area contributed by atoms with Gasteiger partial charge in [0.25, 0.3) is 0 Å². The summed E-state index contributed by atoms with van der Waals surface area (Å²) in [4.78, 5) is 17.9. The second-order valence-corrected chi connectivity index (χ2v) is 5.40. The van der Waals surface area contributed by atoms with Crippen molar-refractivity contribution in [3.8, 4) is 11.4 Å². The van der Waals surface area contributed by atoms with E-state index in [4.69, 9.17) is 4.52 Å². The highest BCUT2D eigenvalue weighted by atomic mass is 19.1. The fraction of sp³-hybridized carbons (Fsp3) is 0.167. The monoisotopic (exact) mass is 325 g/mol. The zero-order valence-electron chi connectivity index (χ0n) is 13.1. The molecule has 24 heavy (non-hydrogen) atoms. The molecule has 5 nitrogen and oxygen atoms in total. The van der Waals surface area contributed by atoms with Gasteiger partial charge in [-0.15, -0.1) is 0 Å². The van der Waals surface area contributed by atoms with E-state index >= 15 is 0 Å². The van der Waals surface area contributed by atoms with Crippen molar-refractivity contribution in [2.24, 2.45) is 0 Å². The summed E-state index contributed by atoms with van der Waals surface area (Å²) in [5, 5.41) is 3.91. The van der Waals surface area contributed by atoms with Crippen molar-refractivity contribution in [2.75, 3.05) is 7.05 Å². The summed E-state index contributed by atoms with van der Waals surface area (Å²) in [6.07, 6.45) is -0.0111. The van der Waals surface area contributed by atoms with Crippen LogP contribution in [0.1, 0.15) is 11.5 Å². The van der Waals surface area contributed by atoms with Gasteiger partial charge in [0.05, 0.1) is 13.0 Å². The lowest BCUT2D eigenvalue weighted by Gasteiger charge is -2.14. The minimum Gasteiger partial charge on any atom is -0.337 e. The van der Waals surface area contributed by atoms with E-state index < -0.39 is 0 Å². The SMILES string of the molecule is CN(Cc1nc(-c2ccccc2)no1)C(=O)Cc1ccccc1F. The Labute approximate surface area is 138 Å². The lowest BCUT2D eigenvalue weighted by Crippen LogP contribution is -2.28. The van der Waals surface area contributed by atoms with E-state index in [9.17, 15) is 9.18 Å². The second kappa shape index (κ2) is 7.04. The number of halogens is 1. The Hall–Kier alpha value is -3.02. The first-order valence-corrected chi connectivity index (χ1v) is 7.49. The van der Waals surface area contributed by atoms with E-state index in [1.165, 1.54) is 11.0 Å². The van der Waals surface area contributed by atoms with Crippen LogP contribution in [-0.2, 0) is 17.8 Å². The predicted molar refractivity (Wildman–Crippen MR) is 86.3 cm³/mol. The third-order valence-electron chi connectivity index (χ3n) is 3.60. The number of carbonyl (C=O) groups excluding carboxylic acids is 1. The molecule has 6 heteroatoms. The molecule has 0 atom stereocenters. The van der Waals surface area contributed by atoms with Crippen LogP contribution in [0.2, 0.25) is 0 Å². The van der Waals surface area contributed by atoms with Gasteiger partial charge in [0.15, 0.2) is 0 Å². The molecule has 3 aromatic rings. The molecule has 0 aliphatic carbocycles. The Kier molecular flexibility index (Phi) is 4.65. The number of nitrogens with zero attached hydrogens (tertiary/aromatic N) is 3. The number of carbonyl (C=O) groups is 1. The molecule has 0 radical (unpaired) electrons. The van der Waals surface area contributed by atoms with Crippen LogP contribution < -0.4 is 0 Å². The zero-order valence-corrected chi connectivity index (χ0v) is 13.1. The summed E-state index contributed by atoms with van der Waals surface area (Å²) >= 11 is 0. The highest BCUT2D eigenvalue weighted by Gasteiger charge is 2.16. The molecule has 0 spiro atoms. The standard InChI is InChI=1S/C18H16FN3O2/c1-22(17(23)11-14-9-5-6-10-15(14)19)12-16-20-18(21-24-16)13-7-3-2-4-8-13/h2-10H,11-12H2,1H3. The van der Waals surface area contributed by atoms with Crippen LogP contribution in [0, 0.1) is 5.82 Å². The van der Waals surface area contributed by atoms with Gasteiger partial charge < -0.3 is 9.42 Å². The largest absolute Gasteiger partial charge is 0.337 e. The molecule has 122 valence electrons. The molecule has 0 aliphatic rings. The van der Waals surface area contributed by atoms with Crippen LogP contribution in [0.4, 0.5) is 4.39 Å². The van der Waals surface area contributed by atoms with Gasteiger partial charge in [-0.25, -0.2) is 4.39 Å². The minimum atomic E-state index is -0.386. The van der Waals surface area contributed by atoms with Crippen molar-refractivity contribution in [3.05, 3.63) is 71.9 Å². The molecule has 1 amide bonds. The van der Waals surface area contributed by atoms with Crippen molar-refractivity contribution >= 4 is 5.91 Å². The van der Waals surface area contributed by atoms with Crippen LogP contribution in [0.5, 0.6) is 0 Å². The maximum Gasteiger partial charge on any atom is 0.246 e. The highest BCUT2D eigenvalue weighted by molar-refractivity contribution is 5.78. The highest BCUT2D eigenvalue weighted by Crippen LogP contribution is 2.16. The van der Waals surface area contributed by atoms with E-state index in [1.54, 1.807) is 25.2 Å². The molecule has 0 saturated carbocycles. The summed E-state index contributed by atoms with van der Waals surface area (Å²) in [5.41, 5.74) is 1.21. The molecule has 0 N–H and O–H groups in total. The van der Waals surface area contributed by atoms with E-state index in [0.29, 0.717) is 17.3 Å². The number of rotatable bonds is 5. The van der Waals surface area contributed by atoms with E-state index in [1.807, 2.05) is 30.3 Å². The van der Waals surface area contributed by atoms with Crippen molar-refractivity contribution in [3.63, 3.8) is 0 Å². The van der Waals surface area contributed by atoms with E-state index in [0.717, 1.165) is 5.56 Å². The predicted octanol–water partition coefficient (Wildman–Crippen LogP) is 3.08. The summed E-state index contributed by atoms with van der Waals surface area (Å²) < 4.78 is 18.8. The summed E-state index contributed by atoms with van der Waals surface area (Å²) in [7, 11) is 1.62. The first-order valence-electron chi connectivity index (χ1n) is 7.49. The Bertz CT molecular complexity index is 833.